The van der Waals surface area contributed by atoms with E-state index in [-0.39, 0.29) is 0 Å². The van der Waals surface area contributed by atoms with Gasteiger partial charge in [-0.15, -0.1) is 0 Å². The predicted octanol–water partition coefficient (Wildman–Crippen LogP) is 4.33. The molecule has 0 radical (unpaired) electrons. The van der Waals surface area contributed by atoms with Crippen LogP contribution in [0.5, 0.6) is 5.75 Å². The molecule has 1 saturated heterocycles. The fourth-order valence-electron chi connectivity index (χ4n) is 5.31. The van der Waals surface area contributed by atoms with E-state index < -0.39 is 0 Å². The van der Waals surface area contributed by atoms with Gasteiger partial charge < -0.3 is 10.0 Å². The van der Waals surface area contributed by atoms with Crippen LogP contribution in [-0.2, 0) is 5.41 Å². The van der Waals surface area contributed by atoms with E-state index >= 15 is 0 Å². The molecule has 2 heteroatoms. The molecule has 3 fully saturated rings. The van der Waals surface area contributed by atoms with Gasteiger partial charge in [0.2, 0.25) is 0 Å². The Morgan fingerprint density at radius 2 is 1.95 bits per heavy atom. The highest BCUT2D eigenvalue weighted by Gasteiger charge is 2.45. The van der Waals surface area contributed by atoms with Gasteiger partial charge in [-0.2, -0.15) is 0 Å². The topological polar surface area (TPSA) is 23.5 Å². The molecule has 2 nitrogen and oxygen atoms in total. The molecule has 22 heavy (non-hydrogen) atoms. The first kappa shape index (κ1) is 14.6. The molecule has 2 atom stereocenters. The maximum absolute atomic E-state index is 9.93. The van der Waals surface area contributed by atoms with Crippen molar-refractivity contribution in [3.05, 3.63) is 29.8 Å². The van der Waals surface area contributed by atoms with E-state index in [1.165, 1.54) is 76.6 Å². The molecule has 0 spiro atoms. The van der Waals surface area contributed by atoms with Crippen molar-refractivity contribution in [1.29, 1.82) is 0 Å². The van der Waals surface area contributed by atoms with Crippen LogP contribution in [0.1, 0.15) is 56.9 Å². The van der Waals surface area contributed by atoms with Crippen LogP contribution < -0.4 is 0 Å². The second-order valence-corrected chi connectivity index (χ2v) is 7.96. The van der Waals surface area contributed by atoms with Gasteiger partial charge in [0.25, 0.3) is 0 Å². The molecule has 1 aromatic carbocycles. The third-order valence-corrected chi connectivity index (χ3v) is 6.69. The molecule has 2 aliphatic carbocycles. The minimum Gasteiger partial charge on any atom is -0.508 e. The van der Waals surface area contributed by atoms with E-state index in [1.54, 1.807) is 0 Å². The number of phenolic OH excluding ortho intramolecular Hbond substituents is 1. The van der Waals surface area contributed by atoms with Gasteiger partial charge in [-0.05, 0) is 80.0 Å². The first-order chi connectivity index (χ1) is 10.8. The van der Waals surface area contributed by atoms with Crippen LogP contribution in [0.2, 0.25) is 0 Å². The lowest BCUT2D eigenvalue weighted by Gasteiger charge is -2.37. The molecular weight excluding hydrogens is 270 g/mol. The lowest BCUT2D eigenvalue weighted by atomic mass is 9.69. The largest absolute Gasteiger partial charge is 0.508 e. The Hall–Kier alpha value is -1.02. The standard InChI is InChI=1S/C20H29NO/c22-19-9-2-7-17(13-19)20-10-3-8-18(20)15-21(12-4-11-20)14-16-5-1-6-16/h2,7,9,13,16,18,22H,1,3-6,8,10-12,14-15H2. The SMILES string of the molecule is Oc1cccc(C23CCCC2CN(CC2CCC2)CCC3)c1. The summed E-state index contributed by atoms with van der Waals surface area (Å²) in [5, 5.41) is 9.93. The van der Waals surface area contributed by atoms with Crippen LogP contribution in [0.4, 0.5) is 0 Å². The van der Waals surface area contributed by atoms with Crippen LogP contribution in [-0.4, -0.2) is 29.6 Å². The number of hydrogen-bond donors (Lipinski definition) is 1. The van der Waals surface area contributed by atoms with Gasteiger partial charge in [0.05, 0.1) is 0 Å². The van der Waals surface area contributed by atoms with Crippen LogP contribution in [0.3, 0.4) is 0 Å². The summed E-state index contributed by atoms with van der Waals surface area (Å²) in [6.45, 7) is 3.91. The Morgan fingerprint density at radius 1 is 1.09 bits per heavy atom. The predicted molar refractivity (Wildman–Crippen MR) is 90.1 cm³/mol. The summed E-state index contributed by atoms with van der Waals surface area (Å²) in [6, 6.07) is 8.15. The van der Waals surface area contributed by atoms with E-state index in [0.717, 1.165) is 11.8 Å². The number of fused-ring (bicyclic) bond motifs is 1. The number of phenols is 1. The van der Waals surface area contributed by atoms with Gasteiger partial charge in [0, 0.05) is 13.1 Å². The molecule has 2 unspecified atom stereocenters. The molecule has 1 N–H and O–H groups in total. The third kappa shape index (κ3) is 2.56. The summed E-state index contributed by atoms with van der Waals surface area (Å²) in [4.78, 5) is 2.77. The fraction of sp³-hybridized carbons (Fsp3) is 0.700. The Bertz CT molecular complexity index is 524. The van der Waals surface area contributed by atoms with E-state index in [1.807, 2.05) is 18.2 Å². The minimum atomic E-state index is 0.340. The highest BCUT2D eigenvalue weighted by molar-refractivity contribution is 5.35. The van der Waals surface area contributed by atoms with Gasteiger partial charge in [-0.1, -0.05) is 25.0 Å². The van der Waals surface area contributed by atoms with Crippen molar-refractivity contribution in [2.75, 3.05) is 19.6 Å². The number of hydrogen-bond acceptors (Lipinski definition) is 2. The van der Waals surface area contributed by atoms with Crippen molar-refractivity contribution >= 4 is 0 Å². The van der Waals surface area contributed by atoms with Gasteiger partial charge in [-0.25, -0.2) is 0 Å². The van der Waals surface area contributed by atoms with Gasteiger partial charge in [-0.3, -0.25) is 0 Å². The smallest absolute Gasteiger partial charge is 0.115 e. The first-order valence-electron chi connectivity index (χ1n) is 9.28. The number of nitrogens with zero attached hydrogens (tertiary/aromatic N) is 1. The Labute approximate surface area is 134 Å². The second-order valence-electron chi connectivity index (χ2n) is 7.96. The molecule has 3 aliphatic rings. The highest BCUT2D eigenvalue weighted by atomic mass is 16.3. The van der Waals surface area contributed by atoms with Crippen LogP contribution in [0, 0.1) is 11.8 Å². The van der Waals surface area contributed by atoms with E-state index in [9.17, 15) is 5.11 Å². The molecule has 4 rings (SSSR count). The number of likely N-dealkylation sites (tertiary alicyclic amines) is 1. The Balaban J connectivity index is 1.56. The normalized spacial score (nSPS) is 33.2. The Kier molecular flexibility index (Phi) is 3.89. The molecule has 2 saturated carbocycles. The molecule has 1 heterocycles. The summed E-state index contributed by atoms with van der Waals surface area (Å²) in [7, 11) is 0. The summed E-state index contributed by atoms with van der Waals surface area (Å²) in [6.07, 6.45) is 11.0. The zero-order valence-corrected chi connectivity index (χ0v) is 13.6. The van der Waals surface area contributed by atoms with Crippen molar-refractivity contribution in [3.63, 3.8) is 0 Å². The van der Waals surface area contributed by atoms with Crippen molar-refractivity contribution in [3.8, 4) is 5.75 Å². The van der Waals surface area contributed by atoms with E-state index in [2.05, 4.69) is 11.0 Å². The molecular formula is C20H29NO. The quantitative estimate of drug-likeness (QED) is 0.898. The van der Waals surface area contributed by atoms with Crippen LogP contribution in [0.15, 0.2) is 24.3 Å². The van der Waals surface area contributed by atoms with Gasteiger partial charge in [0.1, 0.15) is 5.75 Å². The second kappa shape index (κ2) is 5.88. The summed E-state index contributed by atoms with van der Waals surface area (Å²) < 4.78 is 0. The van der Waals surface area contributed by atoms with Crippen LogP contribution in [0.25, 0.3) is 0 Å². The average Bonchev–Trinajstić information content (AvgIpc) is 2.78. The molecule has 0 bridgehead atoms. The maximum atomic E-state index is 9.93. The average molecular weight is 299 g/mol. The van der Waals surface area contributed by atoms with E-state index in [4.69, 9.17) is 0 Å². The van der Waals surface area contributed by atoms with Crippen molar-refractivity contribution < 1.29 is 5.11 Å². The lowest BCUT2D eigenvalue weighted by molar-refractivity contribution is 0.158. The lowest BCUT2D eigenvalue weighted by Crippen LogP contribution is -2.38. The summed E-state index contributed by atoms with van der Waals surface area (Å²) in [5.74, 6) is 2.21. The van der Waals surface area contributed by atoms with Gasteiger partial charge in [0.15, 0.2) is 0 Å². The monoisotopic (exact) mass is 299 g/mol. The zero-order valence-electron chi connectivity index (χ0n) is 13.6. The molecule has 0 aromatic heterocycles. The number of aromatic hydroxyl groups is 1. The minimum absolute atomic E-state index is 0.340. The van der Waals surface area contributed by atoms with Crippen molar-refractivity contribution in [2.45, 2.75) is 56.8 Å². The summed E-state index contributed by atoms with van der Waals surface area (Å²) in [5.41, 5.74) is 1.74. The molecule has 120 valence electrons. The van der Waals surface area contributed by atoms with Gasteiger partial charge >= 0.3 is 0 Å². The Morgan fingerprint density at radius 3 is 2.73 bits per heavy atom. The zero-order chi connectivity index (χ0) is 15.0. The van der Waals surface area contributed by atoms with E-state index in [0.29, 0.717) is 11.2 Å². The maximum Gasteiger partial charge on any atom is 0.115 e. The highest BCUT2D eigenvalue weighted by Crippen LogP contribution is 2.51. The first-order valence-corrected chi connectivity index (χ1v) is 9.28. The number of benzene rings is 1. The number of rotatable bonds is 3. The molecule has 1 aromatic rings. The third-order valence-electron chi connectivity index (χ3n) is 6.69. The van der Waals surface area contributed by atoms with Crippen molar-refractivity contribution in [1.82, 2.24) is 4.90 Å². The fourth-order valence-corrected chi connectivity index (χ4v) is 5.31. The summed E-state index contributed by atoms with van der Waals surface area (Å²) >= 11 is 0. The molecule has 0 amide bonds. The van der Waals surface area contributed by atoms with Crippen molar-refractivity contribution in [2.24, 2.45) is 11.8 Å². The molecule has 1 aliphatic heterocycles. The van der Waals surface area contributed by atoms with Crippen LogP contribution >= 0.6 is 0 Å².